The van der Waals surface area contributed by atoms with E-state index in [9.17, 15) is 9.18 Å². The average molecular weight is 284 g/mol. The lowest BCUT2D eigenvalue weighted by molar-refractivity contribution is -0.113. The Labute approximate surface area is 114 Å². The maximum atomic E-state index is 13.4. The first kappa shape index (κ1) is 13.8. The third kappa shape index (κ3) is 3.21. The molecule has 1 heterocycles. The van der Waals surface area contributed by atoms with Gasteiger partial charge in [0.1, 0.15) is 6.29 Å². The summed E-state index contributed by atoms with van der Waals surface area (Å²) in [5.41, 5.74) is 0.541. The van der Waals surface area contributed by atoms with Crippen molar-refractivity contribution in [2.75, 3.05) is 7.11 Å². The monoisotopic (exact) mass is 283 g/mol. The van der Waals surface area contributed by atoms with E-state index >= 15 is 0 Å². The second kappa shape index (κ2) is 5.99. The first-order valence-electron chi connectivity index (χ1n) is 5.56. The van der Waals surface area contributed by atoms with Gasteiger partial charge >= 0.3 is 0 Å². The molecule has 0 N–H and O–H groups in total. The van der Waals surface area contributed by atoms with Gasteiger partial charge in [-0.25, -0.2) is 14.4 Å². The van der Waals surface area contributed by atoms with E-state index in [0.717, 1.165) is 12.5 Å². The predicted octanol–water partition coefficient (Wildman–Crippen LogP) is 2.13. The molecular weight excluding hydrogens is 273 g/mol. The molecule has 1 aromatic heterocycles. The number of carbonyl (C=O) groups is 1. The fourth-order valence-electron chi connectivity index (χ4n) is 1.79. The molecule has 0 aromatic carbocycles. The van der Waals surface area contributed by atoms with Crippen LogP contribution in [0.4, 0.5) is 10.2 Å². The smallest absolute Gasteiger partial charge is 0.224 e. The minimum atomic E-state index is -0.665. The molecule has 2 rings (SSSR count). The second-order valence-corrected chi connectivity index (χ2v) is 4.32. The van der Waals surface area contributed by atoms with Gasteiger partial charge in [0.05, 0.1) is 12.3 Å². The highest BCUT2D eigenvalue weighted by molar-refractivity contribution is 6.28. The third-order valence-corrected chi connectivity index (χ3v) is 2.92. The number of methoxy groups -OCH3 is 1. The van der Waals surface area contributed by atoms with E-state index in [-0.39, 0.29) is 23.1 Å². The highest BCUT2D eigenvalue weighted by Gasteiger charge is 2.24. The van der Waals surface area contributed by atoms with E-state index in [4.69, 9.17) is 16.3 Å². The number of hydrogen-bond donors (Lipinski definition) is 0. The van der Waals surface area contributed by atoms with Crippen LogP contribution < -0.4 is 0 Å². The maximum absolute atomic E-state index is 13.4. The standard InChI is InChI=1S/C12H11ClFN3O2/c1-19-10-3-2-8(4-7(10)6-18)16-11-9(14)5-15-12(13)17-11/h2-3,5-7,10H,4H2,1H3. The molecule has 5 nitrogen and oxygen atoms in total. The van der Waals surface area contributed by atoms with Crippen LogP contribution in [-0.4, -0.2) is 35.2 Å². The molecule has 1 aliphatic carbocycles. The second-order valence-electron chi connectivity index (χ2n) is 3.98. The number of aldehydes is 1. The van der Waals surface area contributed by atoms with Gasteiger partial charge in [0.25, 0.3) is 0 Å². The number of aliphatic imine (C=N–C) groups is 1. The molecule has 0 saturated carbocycles. The lowest BCUT2D eigenvalue weighted by atomic mass is 9.91. The number of carbonyl (C=O) groups excluding carboxylic acids is 1. The highest BCUT2D eigenvalue weighted by atomic mass is 35.5. The fraction of sp³-hybridized carbons (Fsp3) is 0.333. The quantitative estimate of drug-likeness (QED) is 0.630. The molecule has 7 heteroatoms. The van der Waals surface area contributed by atoms with Crippen molar-refractivity contribution in [2.24, 2.45) is 10.9 Å². The Bertz CT molecular complexity index is 548. The van der Waals surface area contributed by atoms with Gasteiger partial charge in [-0.05, 0) is 17.7 Å². The normalized spacial score (nSPS) is 24.7. The number of aromatic nitrogens is 2. The zero-order chi connectivity index (χ0) is 13.8. The molecule has 1 aromatic rings. The van der Waals surface area contributed by atoms with Gasteiger partial charge < -0.3 is 9.53 Å². The van der Waals surface area contributed by atoms with Crippen LogP contribution in [0.15, 0.2) is 23.3 Å². The number of nitrogens with zero attached hydrogens (tertiary/aromatic N) is 3. The van der Waals surface area contributed by atoms with E-state index in [0.29, 0.717) is 12.1 Å². The summed E-state index contributed by atoms with van der Waals surface area (Å²) >= 11 is 5.58. The van der Waals surface area contributed by atoms with Crippen LogP contribution in [0, 0.1) is 11.7 Å². The molecule has 0 saturated heterocycles. The number of rotatable bonds is 3. The summed E-state index contributed by atoms with van der Waals surface area (Å²) in [5.74, 6) is -1.14. The Morgan fingerprint density at radius 1 is 1.63 bits per heavy atom. The zero-order valence-corrected chi connectivity index (χ0v) is 10.8. The summed E-state index contributed by atoms with van der Waals surface area (Å²) in [6, 6.07) is 0. The minimum Gasteiger partial charge on any atom is -0.377 e. The van der Waals surface area contributed by atoms with Gasteiger partial charge in [-0.15, -0.1) is 0 Å². The SMILES string of the molecule is COC1C=CC(=Nc2nc(Cl)ncc2F)CC1C=O. The van der Waals surface area contributed by atoms with Crippen molar-refractivity contribution in [3.8, 4) is 0 Å². The first-order chi connectivity index (χ1) is 9.13. The Morgan fingerprint density at radius 3 is 3.11 bits per heavy atom. The van der Waals surface area contributed by atoms with Crippen molar-refractivity contribution >= 4 is 29.4 Å². The summed E-state index contributed by atoms with van der Waals surface area (Å²) in [6.45, 7) is 0. The molecule has 2 unspecified atom stereocenters. The van der Waals surface area contributed by atoms with E-state index in [1.54, 1.807) is 12.2 Å². The van der Waals surface area contributed by atoms with Gasteiger partial charge in [-0.1, -0.05) is 6.08 Å². The van der Waals surface area contributed by atoms with Crippen LogP contribution in [-0.2, 0) is 9.53 Å². The van der Waals surface area contributed by atoms with Crippen molar-refractivity contribution in [1.29, 1.82) is 0 Å². The number of allylic oxidation sites excluding steroid dienone is 1. The van der Waals surface area contributed by atoms with Crippen molar-refractivity contribution in [2.45, 2.75) is 12.5 Å². The molecule has 0 radical (unpaired) electrons. The van der Waals surface area contributed by atoms with Crippen molar-refractivity contribution in [3.05, 3.63) is 29.4 Å². The van der Waals surface area contributed by atoms with Gasteiger partial charge in [0, 0.05) is 25.2 Å². The number of halogens is 2. The van der Waals surface area contributed by atoms with Crippen LogP contribution >= 0.6 is 11.6 Å². The van der Waals surface area contributed by atoms with E-state index in [2.05, 4.69) is 15.0 Å². The Morgan fingerprint density at radius 2 is 2.42 bits per heavy atom. The Balaban J connectivity index is 2.29. The Hall–Kier alpha value is -1.66. The van der Waals surface area contributed by atoms with Crippen LogP contribution in [0.5, 0.6) is 0 Å². The highest BCUT2D eigenvalue weighted by Crippen LogP contribution is 2.22. The summed E-state index contributed by atoms with van der Waals surface area (Å²) in [7, 11) is 1.53. The van der Waals surface area contributed by atoms with E-state index in [1.165, 1.54) is 7.11 Å². The fourth-order valence-corrected chi connectivity index (χ4v) is 1.92. The number of hydrogen-bond acceptors (Lipinski definition) is 5. The largest absolute Gasteiger partial charge is 0.377 e. The predicted molar refractivity (Wildman–Crippen MR) is 68.2 cm³/mol. The molecule has 0 spiro atoms. The lowest BCUT2D eigenvalue weighted by Gasteiger charge is -2.22. The molecule has 19 heavy (non-hydrogen) atoms. The van der Waals surface area contributed by atoms with Crippen LogP contribution in [0.1, 0.15) is 6.42 Å². The van der Waals surface area contributed by atoms with E-state index < -0.39 is 5.82 Å². The zero-order valence-electron chi connectivity index (χ0n) is 10.1. The van der Waals surface area contributed by atoms with Gasteiger partial charge in [0.15, 0.2) is 11.6 Å². The molecule has 0 aliphatic heterocycles. The van der Waals surface area contributed by atoms with Crippen LogP contribution in [0.25, 0.3) is 0 Å². The van der Waals surface area contributed by atoms with Crippen molar-refractivity contribution in [3.63, 3.8) is 0 Å². The van der Waals surface area contributed by atoms with Gasteiger partial charge in [-0.2, -0.15) is 4.98 Å². The summed E-state index contributed by atoms with van der Waals surface area (Å²) in [6.07, 6.45) is 5.23. The Kier molecular flexibility index (Phi) is 4.34. The number of ether oxygens (including phenoxy) is 1. The first-order valence-corrected chi connectivity index (χ1v) is 5.93. The van der Waals surface area contributed by atoms with Crippen LogP contribution in [0.3, 0.4) is 0 Å². The molecular formula is C12H11ClFN3O2. The lowest BCUT2D eigenvalue weighted by Crippen LogP contribution is -2.28. The third-order valence-electron chi connectivity index (χ3n) is 2.74. The van der Waals surface area contributed by atoms with Crippen molar-refractivity contribution < 1.29 is 13.9 Å². The molecule has 0 amide bonds. The molecule has 0 fully saturated rings. The molecule has 2 atom stereocenters. The van der Waals surface area contributed by atoms with E-state index in [1.807, 2.05) is 0 Å². The molecule has 1 aliphatic rings. The maximum Gasteiger partial charge on any atom is 0.224 e. The molecule has 100 valence electrons. The molecule has 0 bridgehead atoms. The van der Waals surface area contributed by atoms with Gasteiger partial charge in [0.2, 0.25) is 5.28 Å². The summed E-state index contributed by atoms with van der Waals surface area (Å²) < 4.78 is 18.6. The summed E-state index contributed by atoms with van der Waals surface area (Å²) in [4.78, 5) is 22.2. The topological polar surface area (TPSA) is 64.4 Å². The minimum absolute atomic E-state index is 0.0813. The van der Waals surface area contributed by atoms with Crippen molar-refractivity contribution in [1.82, 2.24) is 9.97 Å². The van der Waals surface area contributed by atoms with Gasteiger partial charge in [-0.3, -0.25) is 0 Å². The summed E-state index contributed by atoms with van der Waals surface area (Å²) in [5, 5.41) is -0.0813. The average Bonchev–Trinajstić information content (AvgIpc) is 2.42. The van der Waals surface area contributed by atoms with Crippen LogP contribution in [0.2, 0.25) is 5.28 Å².